The van der Waals surface area contributed by atoms with Crippen LogP contribution >= 0.6 is 0 Å². The molecular weight excluding hydrogens is 282 g/mol. The molecule has 0 radical (unpaired) electrons. The predicted molar refractivity (Wildman–Crippen MR) is 86.5 cm³/mol. The van der Waals surface area contributed by atoms with Gasteiger partial charge in [-0.15, -0.1) is 0 Å². The van der Waals surface area contributed by atoms with Gasteiger partial charge in [0.1, 0.15) is 5.75 Å². The molecule has 2 N–H and O–H groups in total. The fourth-order valence-electron chi connectivity index (χ4n) is 2.64. The minimum atomic E-state index is 0.0305. The Hall–Kier alpha value is -1.79. The van der Waals surface area contributed by atoms with Crippen LogP contribution in [0, 0.1) is 0 Å². The van der Waals surface area contributed by atoms with Crippen molar-refractivity contribution in [2.24, 2.45) is 0 Å². The first-order valence-corrected chi connectivity index (χ1v) is 7.61. The van der Waals surface area contributed by atoms with Gasteiger partial charge in [-0.05, 0) is 18.6 Å². The number of methoxy groups -OCH3 is 2. The van der Waals surface area contributed by atoms with Crippen molar-refractivity contribution in [2.45, 2.75) is 12.5 Å². The molecule has 0 saturated carbocycles. The Labute approximate surface area is 131 Å². The molecule has 1 amide bonds. The molecule has 1 aromatic rings. The highest BCUT2D eigenvalue weighted by molar-refractivity contribution is 5.78. The van der Waals surface area contributed by atoms with Crippen LogP contribution in [0.15, 0.2) is 24.3 Å². The fraction of sp³-hybridized carbons (Fsp3) is 0.562. The summed E-state index contributed by atoms with van der Waals surface area (Å²) in [6.07, 6.45) is 0.946. The standard InChI is InChI=1S/C16H25N3O3/c1-21-10-8-17-11-16(20)18-13-7-9-19(12-13)14-5-3-4-6-15(14)22-2/h3-6,13,17H,7-12H2,1-2H3,(H,18,20). The lowest BCUT2D eigenvalue weighted by Crippen LogP contribution is -2.42. The van der Waals surface area contributed by atoms with Gasteiger partial charge in [-0.2, -0.15) is 0 Å². The maximum atomic E-state index is 11.9. The number of carbonyl (C=O) groups excluding carboxylic acids is 1. The highest BCUT2D eigenvalue weighted by Gasteiger charge is 2.25. The third kappa shape index (κ3) is 4.61. The maximum absolute atomic E-state index is 11.9. The number of carbonyl (C=O) groups is 1. The smallest absolute Gasteiger partial charge is 0.234 e. The third-order valence-electron chi connectivity index (χ3n) is 3.75. The topological polar surface area (TPSA) is 62.8 Å². The predicted octanol–water partition coefficient (Wildman–Crippen LogP) is 0.626. The van der Waals surface area contributed by atoms with Gasteiger partial charge in [0, 0.05) is 32.8 Å². The highest BCUT2D eigenvalue weighted by Crippen LogP contribution is 2.30. The molecule has 1 aliphatic heterocycles. The molecule has 1 aliphatic rings. The van der Waals surface area contributed by atoms with E-state index < -0.39 is 0 Å². The van der Waals surface area contributed by atoms with Crippen molar-refractivity contribution in [2.75, 3.05) is 51.9 Å². The SMILES string of the molecule is COCCNCC(=O)NC1CCN(c2ccccc2OC)C1. The van der Waals surface area contributed by atoms with Crippen LogP contribution in [-0.2, 0) is 9.53 Å². The fourth-order valence-corrected chi connectivity index (χ4v) is 2.64. The van der Waals surface area contributed by atoms with Crippen molar-refractivity contribution in [3.05, 3.63) is 24.3 Å². The Morgan fingerprint density at radius 3 is 2.95 bits per heavy atom. The van der Waals surface area contributed by atoms with E-state index in [0.717, 1.165) is 30.9 Å². The molecule has 1 fully saturated rings. The summed E-state index contributed by atoms with van der Waals surface area (Å²) in [5.74, 6) is 0.902. The van der Waals surface area contributed by atoms with Gasteiger partial charge in [0.05, 0.1) is 25.9 Å². The van der Waals surface area contributed by atoms with Gasteiger partial charge in [-0.25, -0.2) is 0 Å². The molecule has 1 atom stereocenters. The van der Waals surface area contributed by atoms with E-state index >= 15 is 0 Å². The van der Waals surface area contributed by atoms with Crippen LogP contribution in [-0.4, -0.2) is 59.0 Å². The monoisotopic (exact) mass is 307 g/mol. The number of rotatable bonds is 8. The van der Waals surface area contributed by atoms with Crippen LogP contribution in [0.4, 0.5) is 5.69 Å². The first-order chi connectivity index (χ1) is 10.7. The van der Waals surface area contributed by atoms with E-state index in [1.54, 1.807) is 14.2 Å². The second-order valence-corrected chi connectivity index (χ2v) is 5.34. The number of nitrogens with one attached hydrogen (secondary N) is 2. The first-order valence-electron chi connectivity index (χ1n) is 7.61. The van der Waals surface area contributed by atoms with Crippen LogP contribution < -0.4 is 20.3 Å². The van der Waals surface area contributed by atoms with E-state index in [4.69, 9.17) is 9.47 Å². The van der Waals surface area contributed by atoms with Crippen molar-refractivity contribution in [1.82, 2.24) is 10.6 Å². The summed E-state index contributed by atoms with van der Waals surface area (Å²) in [5.41, 5.74) is 1.08. The molecule has 6 heteroatoms. The second-order valence-electron chi connectivity index (χ2n) is 5.34. The Bertz CT molecular complexity index is 481. The van der Waals surface area contributed by atoms with Gasteiger partial charge in [-0.1, -0.05) is 12.1 Å². The molecule has 1 unspecified atom stereocenters. The van der Waals surface area contributed by atoms with E-state index in [1.807, 2.05) is 18.2 Å². The zero-order valence-corrected chi connectivity index (χ0v) is 13.3. The van der Waals surface area contributed by atoms with Crippen molar-refractivity contribution in [1.29, 1.82) is 0 Å². The average molecular weight is 307 g/mol. The minimum absolute atomic E-state index is 0.0305. The summed E-state index contributed by atoms with van der Waals surface area (Å²) in [4.78, 5) is 14.1. The summed E-state index contributed by atoms with van der Waals surface area (Å²) in [7, 11) is 3.33. The number of para-hydroxylation sites is 2. The maximum Gasteiger partial charge on any atom is 0.234 e. The largest absolute Gasteiger partial charge is 0.495 e. The molecule has 1 saturated heterocycles. The van der Waals surface area contributed by atoms with E-state index in [9.17, 15) is 4.79 Å². The number of amides is 1. The van der Waals surface area contributed by atoms with Crippen molar-refractivity contribution in [3.8, 4) is 5.75 Å². The molecule has 0 bridgehead atoms. The zero-order valence-electron chi connectivity index (χ0n) is 13.3. The van der Waals surface area contributed by atoms with Crippen molar-refractivity contribution >= 4 is 11.6 Å². The van der Waals surface area contributed by atoms with Gasteiger partial charge in [0.15, 0.2) is 0 Å². The molecule has 0 aromatic heterocycles. The van der Waals surface area contributed by atoms with E-state index in [1.165, 1.54) is 0 Å². The number of anilines is 1. The van der Waals surface area contributed by atoms with Crippen LogP contribution in [0.5, 0.6) is 5.75 Å². The lowest BCUT2D eigenvalue weighted by molar-refractivity contribution is -0.120. The van der Waals surface area contributed by atoms with E-state index in [2.05, 4.69) is 21.6 Å². The summed E-state index contributed by atoms with van der Waals surface area (Å²) < 4.78 is 10.3. The number of hydrogen-bond acceptors (Lipinski definition) is 5. The molecule has 0 aliphatic carbocycles. The lowest BCUT2D eigenvalue weighted by atomic mass is 10.2. The quantitative estimate of drug-likeness (QED) is 0.690. The van der Waals surface area contributed by atoms with Crippen molar-refractivity contribution in [3.63, 3.8) is 0 Å². The number of hydrogen-bond donors (Lipinski definition) is 2. The Morgan fingerprint density at radius 2 is 2.18 bits per heavy atom. The molecular formula is C16H25N3O3. The van der Waals surface area contributed by atoms with Crippen LogP contribution in [0.3, 0.4) is 0 Å². The van der Waals surface area contributed by atoms with Gasteiger partial charge in [0.25, 0.3) is 0 Å². The van der Waals surface area contributed by atoms with Gasteiger partial charge >= 0.3 is 0 Å². The molecule has 22 heavy (non-hydrogen) atoms. The van der Waals surface area contributed by atoms with Gasteiger partial charge in [0.2, 0.25) is 5.91 Å². The summed E-state index contributed by atoms with van der Waals surface area (Å²) in [6, 6.07) is 8.16. The number of benzene rings is 1. The summed E-state index contributed by atoms with van der Waals surface area (Å²) in [5, 5.41) is 6.12. The molecule has 1 heterocycles. The highest BCUT2D eigenvalue weighted by atomic mass is 16.5. The van der Waals surface area contributed by atoms with Gasteiger partial charge < -0.3 is 25.0 Å². The molecule has 1 aromatic carbocycles. The van der Waals surface area contributed by atoms with Crippen molar-refractivity contribution < 1.29 is 14.3 Å². The number of ether oxygens (including phenoxy) is 2. The van der Waals surface area contributed by atoms with Gasteiger partial charge in [-0.3, -0.25) is 4.79 Å². The molecule has 2 rings (SSSR count). The molecule has 0 spiro atoms. The second kappa shape index (κ2) is 8.60. The Balaban J connectivity index is 1.79. The Kier molecular flexibility index (Phi) is 6.48. The molecule has 6 nitrogen and oxygen atoms in total. The van der Waals surface area contributed by atoms with Crippen LogP contribution in [0.25, 0.3) is 0 Å². The lowest BCUT2D eigenvalue weighted by Gasteiger charge is -2.21. The average Bonchev–Trinajstić information content (AvgIpc) is 2.99. The third-order valence-corrected chi connectivity index (χ3v) is 3.75. The first kappa shape index (κ1) is 16.6. The minimum Gasteiger partial charge on any atom is -0.495 e. The molecule has 122 valence electrons. The summed E-state index contributed by atoms with van der Waals surface area (Å²) in [6.45, 7) is 3.35. The normalized spacial score (nSPS) is 17.5. The zero-order chi connectivity index (χ0) is 15.8. The summed E-state index contributed by atoms with van der Waals surface area (Å²) >= 11 is 0. The van der Waals surface area contributed by atoms with Crippen LogP contribution in [0.1, 0.15) is 6.42 Å². The number of nitrogens with zero attached hydrogens (tertiary/aromatic N) is 1. The Morgan fingerprint density at radius 1 is 1.36 bits per heavy atom. The van der Waals surface area contributed by atoms with E-state index in [0.29, 0.717) is 19.7 Å². The van der Waals surface area contributed by atoms with E-state index in [-0.39, 0.29) is 11.9 Å². The van der Waals surface area contributed by atoms with Crippen LogP contribution in [0.2, 0.25) is 0 Å².